The molecule has 0 amide bonds. The number of carboxylic acids is 1. The van der Waals surface area contributed by atoms with Crippen molar-refractivity contribution in [2.24, 2.45) is 0 Å². The first-order chi connectivity index (χ1) is 7.15. The summed E-state index contributed by atoms with van der Waals surface area (Å²) in [7, 11) is 0. The van der Waals surface area contributed by atoms with E-state index in [9.17, 15) is 4.79 Å². The molecule has 0 radical (unpaired) electrons. The number of aromatic carboxylic acids is 1. The molecule has 1 aromatic heterocycles. The second-order valence-electron chi connectivity index (χ2n) is 2.77. The number of thioether (sulfide) groups is 1. The van der Waals surface area contributed by atoms with Gasteiger partial charge in [0.15, 0.2) is 0 Å². The van der Waals surface area contributed by atoms with Gasteiger partial charge in [-0.05, 0) is 12.2 Å². The Bertz CT molecular complexity index is 418. The molecule has 3 nitrogen and oxygen atoms in total. The molecule has 0 saturated carbocycles. The third-order valence-electron chi connectivity index (χ3n) is 1.87. The molecule has 0 bridgehead atoms. The third-order valence-corrected chi connectivity index (χ3v) is 4.36. The molecule has 0 unspecified atom stereocenters. The van der Waals surface area contributed by atoms with Crippen LogP contribution in [0.15, 0.2) is 4.21 Å². The number of carboxylic acid groups (broad SMARTS) is 1. The van der Waals surface area contributed by atoms with Crippen LogP contribution in [0.25, 0.3) is 0 Å². The fraction of sp³-hybridized carbons (Fsp3) is 0.400. The van der Waals surface area contributed by atoms with E-state index in [0.29, 0.717) is 12.0 Å². The number of thiophene rings is 1. The van der Waals surface area contributed by atoms with Gasteiger partial charge in [-0.25, -0.2) is 4.79 Å². The highest BCUT2D eigenvalue weighted by atomic mass is 32.2. The van der Waals surface area contributed by atoms with Crippen molar-refractivity contribution < 1.29 is 9.90 Å². The van der Waals surface area contributed by atoms with Crippen molar-refractivity contribution in [1.82, 2.24) is 0 Å². The van der Waals surface area contributed by atoms with Crippen LogP contribution in [0.3, 0.4) is 0 Å². The van der Waals surface area contributed by atoms with Gasteiger partial charge in [0.05, 0.1) is 15.3 Å². The molecule has 5 heteroatoms. The van der Waals surface area contributed by atoms with Crippen LogP contribution in [-0.4, -0.2) is 16.8 Å². The first-order valence-electron chi connectivity index (χ1n) is 4.57. The summed E-state index contributed by atoms with van der Waals surface area (Å²) in [6, 6.07) is 1.99. The molecule has 0 aliphatic carbocycles. The molecule has 0 aliphatic rings. The number of hydrogen-bond acceptors (Lipinski definition) is 4. The summed E-state index contributed by atoms with van der Waals surface area (Å²) < 4.78 is 0.828. The normalized spacial score (nSPS) is 9.93. The lowest BCUT2D eigenvalue weighted by Crippen LogP contribution is -2.00. The van der Waals surface area contributed by atoms with Gasteiger partial charge in [-0.3, -0.25) is 0 Å². The zero-order chi connectivity index (χ0) is 11.4. The molecule has 0 aromatic carbocycles. The Labute approximate surface area is 96.7 Å². The van der Waals surface area contributed by atoms with Crippen LogP contribution in [0, 0.1) is 11.3 Å². The maximum absolute atomic E-state index is 11.0. The fourth-order valence-corrected chi connectivity index (χ4v) is 3.62. The number of nitriles is 1. The summed E-state index contributed by atoms with van der Waals surface area (Å²) in [5, 5.41) is 18.0. The topological polar surface area (TPSA) is 61.1 Å². The van der Waals surface area contributed by atoms with E-state index in [1.54, 1.807) is 0 Å². The summed E-state index contributed by atoms with van der Waals surface area (Å²) in [5.74, 6) is -0.153. The summed E-state index contributed by atoms with van der Waals surface area (Å²) in [4.78, 5) is 11.8. The Kier molecular flexibility index (Phi) is 4.18. The zero-order valence-electron chi connectivity index (χ0n) is 8.53. The molecule has 1 heterocycles. The van der Waals surface area contributed by atoms with Crippen LogP contribution in [0.4, 0.5) is 0 Å². The van der Waals surface area contributed by atoms with Gasteiger partial charge in [0, 0.05) is 4.88 Å². The van der Waals surface area contributed by atoms with Gasteiger partial charge in [0.1, 0.15) is 6.07 Å². The molecule has 1 rings (SSSR count). The Morgan fingerprint density at radius 3 is 2.67 bits per heavy atom. The largest absolute Gasteiger partial charge is 0.478 e. The Balaban J connectivity index is 3.34. The lowest BCUT2D eigenvalue weighted by molar-refractivity contribution is 0.0696. The summed E-state index contributed by atoms with van der Waals surface area (Å²) in [6.07, 6.45) is 0.658. The van der Waals surface area contributed by atoms with Crippen LogP contribution < -0.4 is 0 Å². The minimum absolute atomic E-state index is 0.195. The van der Waals surface area contributed by atoms with E-state index in [1.807, 2.05) is 19.9 Å². The molecule has 0 aliphatic heterocycles. The van der Waals surface area contributed by atoms with Gasteiger partial charge in [0.25, 0.3) is 0 Å². The third kappa shape index (κ3) is 2.33. The summed E-state index contributed by atoms with van der Waals surface area (Å²) >= 11 is 2.95. The van der Waals surface area contributed by atoms with Crippen LogP contribution >= 0.6 is 23.1 Å². The molecular formula is C10H11NO2S2. The number of carbonyl (C=O) groups is 1. The minimum Gasteiger partial charge on any atom is -0.478 e. The monoisotopic (exact) mass is 241 g/mol. The quantitative estimate of drug-likeness (QED) is 0.823. The summed E-state index contributed by atoms with van der Waals surface area (Å²) in [6.45, 7) is 3.89. The second-order valence-corrected chi connectivity index (χ2v) is 5.40. The SMILES string of the molecule is CCSc1sc(CC)c(C(=O)O)c1C#N. The number of nitrogens with zero attached hydrogens (tertiary/aromatic N) is 1. The van der Waals surface area contributed by atoms with Crippen molar-refractivity contribution >= 4 is 29.1 Å². The van der Waals surface area contributed by atoms with Crippen molar-refractivity contribution in [1.29, 1.82) is 5.26 Å². The van der Waals surface area contributed by atoms with Gasteiger partial charge in [-0.15, -0.1) is 23.1 Å². The molecular weight excluding hydrogens is 230 g/mol. The maximum atomic E-state index is 11.0. The average Bonchev–Trinajstić information content (AvgIpc) is 2.56. The number of aryl methyl sites for hydroxylation is 1. The molecule has 80 valence electrons. The molecule has 1 aromatic rings. The Morgan fingerprint density at radius 1 is 1.60 bits per heavy atom. The van der Waals surface area contributed by atoms with Gasteiger partial charge >= 0.3 is 5.97 Å². The van der Waals surface area contributed by atoms with Crippen LogP contribution in [0.1, 0.15) is 34.6 Å². The minimum atomic E-state index is -0.998. The standard InChI is InChI=1S/C10H11NO2S2/c1-3-7-8(9(12)13)6(5-11)10(15-7)14-4-2/h3-4H2,1-2H3,(H,12,13). The van der Waals surface area contributed by atoms with Crippen LogP contribution in [0.5, 0.6) is 0 Å². The number of rotatable bonds is 4. The van der Waals surface area contributed by atoms with Crippen molar-refractivity contribution in [3.05, 3.63) is 16.0 Å². The fourth-order valence-electron chi connectivity index (χ4n) is 1.26. The molecule has 0 spiro atoms. The van der Waals surface area contributed by atoms with E-state index in [0.717, 1.165) is 14.8 Å². The van der Waals surface area contributed by atoms with E-state index in [1.165, 1.54) is 23.1 Å². The van der Waals surface area contributed by atoms with Gasteiger partial charge in [-0.1, -0.05) is 13.8 Å². The van der Waals surface area contributed by atoms with Crippen molar-refractivity contribution in [2.75, 3.05) is 5.75 Å². The van der Waals surface area contributed by atoms with E-state index < -0.39 is 5.97 Å². The zero-order valence-corrected chi connectivity index (χ0v) is 10.2. The van der Waals surface area contributed by atoms with Crippen LogP contribution in [0.2, 0.25) is 0 Å². The van der Waals surface area contributed by atoms with Crippen LogP contribution in [-0.2, 0) is 6.42 Å². The summed E-state index contributed by atoms with van der Waals surface area (Å²) in [5.41, 5.74) is 0.525. The van der Waals surface area contributed by atoms with Crippen molar-refractivity contribution in [3.8, 4) is 6.07 Å². The first kappa shape index (κ1) is 12.1. The van der Waals surface area contributed by atoms with Gasteiger partial charge in [-0.2, -0.15) is 5.26 Å². The Morgan fingerprint density at radius 2 is 2.27 bits per heavy atom. The highest BCUT2D eigenvalue weighted by Gasteiger charge is 2.22. The highest BCUT2D eigenvalue weighted by Crippen LogP contribution is 2.36. The second kappa shape index (κ2) is 5.19. The van der Waals surface area contributed by atoms with E-state index in [-0.39, 0.29) is 5.56 Å². The lowest BCUT2D eigenvalue weighted by Gasteiger charge is -1.94. The van der Waals surface area contributed by atoms with E-state index >= 15 is 0 Å². The van der Waals surface area contributed by atoms with Crippen molar-refractivity contribution in [3.63, 3.8) is 0 Å². The predicted octanol–water partition coefficient (Wildman–Crippen LogP) is 2.99. The molecule has 15 heavy (non-hydrogen) atoms. The predicted molar refractivity (Wildman–Crippen MR) is 61.8 cm³/mol. The highest BCUT2D eigenvalue weighted by molar-refractivity contribution is 8.01. The molecule has 0 saturated heterocycles. The average molecular weight is 241 g/mol. The number of hydrogen-bond donors (Lipinski definition) is 1. The maximum Gasteiger partial charge on any atom is 0.338 e. The van der Waals surface area contributed by atoms with Gasteiger partial charge < -0.3 is 5.11 Å². The van der Waals surface area contributed by atoms with Crippen molar-refractivity contribution in [2.45, 2.75) is 24.5 Å². The molecule has 1 N–H and O–H groups in total. The Hall–Kier alpha value is -0.990. The molecule has 0 fully saturated rings. The van der Waals surface area contributed by atoms with E-state index in [4.69, 9.17) is 10.4 Å². The molecule has 0 atom stereocenters. The first-order valence-corrected chi connectivity index (χ1v) is 6.37. The van der Waals surface area contributed by atoms with Gasteiger partial charge in [0.2, 0.25) is 0 Å². The van der Waals surface area contributed by atoms with E-state index in [2.05, 4.69) is 0 Å². The smallest absolute Gasteiger partial charge is 0.338 e. The lowest BCUT2D eigenvalue weighted by atomic mass is 10.1.